The zero-order chi connectivity index (χ0) is 13.2. The van der Waals surface area contributed by atoms with Crippen LogP contribution in [0.15, 0.2) is 42.7 Å². The average molecular weight is 273 g/mol. The third-order valence-electron chi connectivity index (χ3n) is 3.80. The van der Waals surface area contributed by atoms with Gasteiger partial charge in [0.25, 0.3) is 0 Å². The number of alkyl halides is 1. The molecule has 0 radical (unpaired) electrons. The number of benzene rings is 1. The van der Waals surface area contributed by atoms with E-state index >= 15 is 0 Å². The standard InChI is InChI=1S/C16H17ClN2/c1-12-6-7-13-4-2-3-5-15(13)19(12)16-8-9-18-11-14(16)10-17/h2-5,8-9,11-12H,6-7,10H2,1H3. The van der Waals surface area contributed by atoms with Gasteiger partial charge in [0.15, 0.2) is 0 Å². The molecule has 0 bridgehead atoms. The van der Waals surface area contributed by atoms with Gasteiger partial charge in [-0.15, -0.1) is 11.6 Å². The highest BCUT2D eigenvalue weighted by molar-refractivity contribution is 6.17. The minimum Gasteiger partial charge on any atom is -0.338 e. The van der Waals surface area contributed by atoms with Gasteiger partial charge in [-0.1, -0.05) is 18.2 Å². The fourth-order valence-electron chi connectivity index (χ4n) is 2.81. The smallest absolute Gasteiger partial charge is 0.0510 e. The number of rotatable bonds is 2. The molecule has 3 heteroatoms. The highest BCUT2D eigenvalue weighted by Crippen LogP contribution is 2.38. The lowest BCUT2D eigenvalue weighted by molar-refractivity contribution is 0.617. The largest absolute Gasteiger partial charge is 0.338 e. The molecule has 1 aliphatic heterocycles. The van der Waals surface area contributed by atoms with Crippen LogP contribution < -0.4 is 4.90 Å². The number of fused-ring (bicyclic) bond motifs is 1. The molecule has 2 nitrogen and oxygen atoms in total. The number of hydrogen-bond acceptors (Lipinski definition) is 2. The topological polar surface area (TPSA) is 16.1 Å². The van der Waals surface area contributed by atoms with Crippen molar-refractivity contribution in [1.29, 1.82) is 0 Å². The molecule has 0 aliphatic carbocycles. The van der Waals surface area contributed by atoms with Gasteiger partial charge in [0, 0.05) is 35.4 Å². The molecule has 1 aromatic carbocycles. The van der Waals surface area contributed by atoms with E-state index < -0.39 is 0 Å². The van der Waals surface area contributed by atoms with Crippen molar-refractivity contribution in [3.05, 3.63) is 53.9 Å². The van der Waals surface area contributed by atoms with Crippen LogP contribution in [0.2, 0.25) is 0 Å². The van der Waals surface area contributed by atoms with Crippen LogP contribution in [0, 0.1) is 0 Å². The summed E-state index contributed by atoms with van der Waals surface area (Å²) in [5.41, 5.74) is 4.99. The van der Waals surface area contributed by atoms with E-state index in [2.05, 4.69) is 47.1 Å². The summed E-state index contributed by atoms with van der Waals surface area (Å²) < 4.78 is 0. The predicted molar refractivity (Wildman–Crippen MR) is 80.2 cm³/mol. The summed E-state index contributed by atoms with van der Waals surface area (Å²) in [6.07, 6.45) is 6.03. The SMILES string of the molecule is CC1CCc2ccccc2N1c1ccncc1CCl. The number of pyridine rings is 1. The van der Waals surface area contributed by atoms with Crippen molar-refractivity contribution in [2.45, 2.75) is 31.7 Å². The van der Waals surface area contributed by atoms with Crippen LogP contribution in [0.5, 0.6) is 0 Å². The highest BCUT2D eigenvalue weighted by atomic mass is 35.5. The van der Waals surface area contributed by atoms with Crippen LogP contribution >= 0.6 is 11.6 Å². The molecule has 0 amide bonds. The van der Waals surface area contributed by atoms with Crippen LogP contribution in [0.1, 0.15) is 24.5 Å². The highest BCUT2D eigenvalue weighted by Gasteiger charge is 2.25. The van der Waals surface area contributed by atoms with E-state index in [1.54, 1.807) is 0 Å². The van der Waals surface area contributed by atoms with E-state index in [-0.39, 0.29) is 0 Å². The second kappa shape index (κ2) is 5.22. The fourth-order valence-corrected chi connectivity index (χ4v) is 3.02. The summed E-state index contributed by atoms with van der Waals surface area (Å²) >= 11 is 6.06. The molecular weight excluding hydrogens is 256 g/mol. The Morgan fingerprint density at radius 3 is 2.95 bits per heavy atom. The molecule has 3 rings (SSSR count). The van der Waals surface area contributed by atoms with Gasteiger partial charge in [-0.05, 0) is 37.5 Å². The van der Waals surface area contributed by atoms with Crippen molar-refractivity contribution in [3.8, 4) is 0 Å². The van der Waals surface area contributed by atoms with Gasteiger partial charge in [-0.3, -0.25) is 4.98 Å². The Labute approximate surface area is 119 Å². The molecule has 2 heterocycles. The fraction of sp³-hybridized carbons (Fsp3) is 0.312. The monoisotopic (exact) mass is 272 g/mol. The predicted octanol–water partition coefficient (Wildman–Crippen LogP) is 4.29. The Hall–Kier alpha value is -1.54. The Bertz CT molecular complexity index is 582. The van der Waals surface area contributed by atoms with Crippen LogP contribution in [0.25, 0.3) is 0 Å². The molecule has 0 spiro atoms. The first-order valence-corrected chi connectivity index (χ1v) is 7.20. The summed E-state index contributed by atoms with van der Waals surface area (Å²) in [5, 5.41) is 0. The number of aromatic nitrogens is 1. The van der Waals surface area contributed by atoms with E-state index in [4.69, 9.17) is 11.6 Å². The summed E-state index contributed by atoms with van der Waals surface area (Å²) in [4.78, 5) is 6.58. The second-order valence-corrected chi connectivity index (χ2v) is 5.29. The number of halogens is 1. The van der Waals surface area contributed by atoms with Crippen LogP contribution in [0.3, 0.4) is 0 Å². The molecule has 0 saturated carbocycles. The minimum atomic E-state index is 0.485. The van der Waals surface area contributed by atoms with Gasteiger partial charge < -0.3 is 4.90 Å². The Balaban J connectivity index is 2.13. The molecule has 1 unspecified atom stereocenters. The van der Waals surface area contributed by atoms with Crippen molar-refractivity contribution in [1.82, 2.24) is 4.98 Å². The summed E-state index contributed by atoms with van der Waals surface area (Å²) in [6, 6.07) is 11.2. The first-order chi connectivity index (χ1) is 9.31. The van der Waals surface area contributed by atoms with Gasteiger partial charge in [-0.25, -0.2) is 0 Å². The molecular formula is C16H17ClN2. The van der Waals surface area contributed by atoms with Crippen LogP contribution in [-0.2, 0) is 12.3 Å². The first-order valence-electron chi connectivity index (χ1n) is 6.67. The number of para-hydroxylation sites is 1. The van der Waals surface area contributed by atoms with E-state index in [1.807, 2.05) is 12.4 Å². The lowest BCUT2D eigenvalue weighted by Gasteiger charge is -2.38. The summed E-state index contributed by atoms with van der Waals surface area (Å²) in [5.74, 6) is 0.495. The number of hydrogen-bond donors (Lipinski definition) is 0. The molecule has 0 saturated heterocycles. The van der Waals surface area contributed by atoms with Crippen molar-refractivity contribution in [3.63, 3.8) is 0 Å². The molecule has 1 atom stereocenters. The lowest BCUT2D eigenvalue weighted by atomic mass is 9.95. The van der Waals surface area contributed by atoms with E-state index in [0.29, 0.717) is 11.9 Å². The third-order valence-corrected chi connectivity index (χ3v) is 4.09. The summed E-state index contributed by atoms with van der Waals surface area (Å²) in [7, 11) is 0. The van der Waals surface area contributed by atoms with Crippen molar-refractivity contribution in [2.75, 3.05) is 4.90 Å². The molecule has 1 aliphatic rings. The van der Waals surface area contributed by atoms with Gasteiger partial charge in [-0.2, -0.15) is 0 Å². The zero-order valence-electron chi connectivity index (χ0n) is 11.0. The molecule has 98 valence electrons. The molecule has 2 aromatic rings. The van der Waals surface area contributed by atoms with Gasteiger partial charge >= 0.3 is 0 Å². The lowest BCUT2D eigenvalue weighted by Crippen LogP contribution is -2.33. The zero-order valence-corrected chi connectivity index (χ0v) is 11.8. The molecule has 0 N–H and O–H groups in total. The van der Waals surface area contributed by atoms with Crippen molar-refractivity contribution >= 4 is 23.0 Å². The maximum absolute atomic E-state index is 6.06. The Morgan fingerprint density at radius 2 is 2.11 bits per heavy atom. The third kappa shape index (κ3) is 2.21. The molecule has 1 aromatic heterocycles. The van der Waals surface area contributed by atoms with Crippen molar-refractivity contribution in [2.24, 2.45) is 0 Å². The Morgan fingerprint density at radius 1 is 1.26 bits per heavy atom. The Kier molecular flexibility index (Phi) is 3.43. The van der Waals surface area contributed by atoms with E-state index in [0.717, 1.165) is 12.0 Å². The molecule has 19 heavy (non-hydrogen) atoms. The number of anilines is 2. The van der Waals surface area contributed by atoms with Crippen LogP contribution in [0.4, 0.5) is 11.4 Å². The van der Waals surface area contributed by atoms with Crippen molar-refractivity contribution < 1.29 is 0 Å². The van der Waals surface area contributed by atoms with Gasteiger partial charge in [0.05, 0.1) is 5.88 Å². The average Bonchev–Trinajstić information content (AvgIpc) is 2.47. The quantitative estimate of drug-likeness (QED) is 0.758. The van der Waals surface area contributed by atoms with Crippen LogP contribution in [-0.4, -0.2) is 11.0 Å². The van der Waals surface area contributed by atoms with Gasteiger partial charge in [0.2, 0.25) is 0 Å². The number of nitrogens with zero attached hydrogens (tertiary/aromatic N) is 2. The summed E-state index contributed by atoms with van der Waals surface area (Å²) in [6.45, 7) is 2.27. The minimum absolute atomic E-state index is 0.485. The maximum Gasteiger partial charge on any atom is 0.0510 e. The van der Waals surface area contributed by atoms with E-state index in [1.165, 1.54) is 23.4 Å². The normalized spacial score (nSPS) is 18.2. The first kappa shape index (κ1) is 12.5. The van der Waals surface area contributed by atoms with E-state index in [9.17, 15) is 0 Å². The van der Waals surface area contributed by atoms with Gasteiger partial charge in [0.1, 0.15) is 0 Å². The second-order valence-electron chi connectivity index (χ2n) is 5.02. The number of aryl methyl sites for hydroxylation is 1. The maximum atomic E-state index is 6.06. The molecule has 0 fully saturated rings.